The molecule has 1 amide bonds. The first kappa shape index (κ1) is 14.6. The van der Waals surface area contributed by atoms with Gasteiger partial charge in [-0.2, -0.15) is 0 Å². The van der Waals surface area contributed by atoms with E-state index in [1.807, 2.05) is 36.4 Å². The molecule has 0 aliphatic rings. The van der Waals surface area contributed by atoms with Crippen molar-refractivity contribution < 1.29 is 9.90 Å². The number of hydrogen-bond acceptors (Lipinski definition) is 2. The number of alkyl halides is 1. The fourth-order valence-corrected chi connectivity index (χ4v) is 2.01. The predicted octanol–water partition coefficient (Wildman–Crippen LogP) is 3.09. The summed E-state index contributed by atoms with van der Waals surface area (Å²) in [5.74, 6) is 0.429. The van der Waals surface area contributed by atoms with Gasteiger partial charge in [0.2, 0.25) is 0 Å². The molecular weight excluding hydrogens is 352 g/mol. The zero-order valence-corrected chi connectivity index (χ0v) is 12.7. The molecule has 0 radical (unpaired) electrons. The number of hydrogen-bond donors (Lipinski definition) is 1. The van der Waals surface area contributed by atoms with Crippen molar-refractivity contribution in [3.63, 3.8) is 0 Å². The van der Waals surface area contributed by atoms with E-state index in [1.165, 1.54) is 6.07 Å². The second kappa shape index (κ2) is 6.44. The Morgan fingerprint density at radius 3 is 2.65 bits per heavy atom. The smallest absolute Gasteiger partial charge is 0.254 e. The molecule has 0 saturated carbocycles. The Labute approximate surface area is 120 Å². The van der Waals surface area contributed by atoms with Crippen molar-refractivity contribution in [3.8, 4) is 5.75 Å². The van der Waals surface area contributed by atoms with Crippen LogP contribution in [0.15, 0.2) is 18.2 Å². The summed E-state index contributed by atoms with van der Waals surface area (Å²) in [7, 11) is 0. The SMILES string of the molecule is CC(C)N(CCCl)C(=O)c1ccc(I)c(O)c1. The fraction of sp³-hybridized carbons (Fsp3) is 0.417. The monoisotopic (exact) mass is 367 g/mol. The number of halogens is 2. The maximum absolute atomic E-state index is 12.2. The predicted molar refractivity (Wildman–Crippen MR) is 77.7 cm³/mol. The Bertz CT molecular complexity index is 409. The Morgan fingerprint density at radius 2 is 2.18 bits per heavy atom. The second-order valence-electron chi connectivity index (χ2n) is 3.95. The van der Waals surface area contributed by atoms with E-state index in [0.29, 0.717) is 18.0 Å². The van der Waals surface area contributed by atoms with Crippen LogP contribution in [-0.2, 0) is 0 Å². The summed E-state index contributed by atoms with van der Waals surface area (Å²) in [5.41, 5.74) is 0.488. The van der Waals surface area contributed by atoms with E-state index in [1.54, 1.807) is 17.0 Å². The maximum Gasteiger partial charge on any atom is 0.254 e. The van der Waals surface area contributed by atoms with Gasteiger partial charge in [0.1, 0.15) is 5.75 Å². The van der Waals surface area contributed by atoms with E-state index in [0.717, 1.165) is 3.57 Å². The first-order valence-electron chi connectivity index (χ1n) is 5.32. The molecule has 3 nitrogen and oxygen atoms in total. The van der Waals surface area contributed by atoms with Crippen molar-refractivity contribution in [3.05, 3.63) is 27.3 Å². The van der Waals surface area contributed by atoms with E-state index in [2.05, 4.69) is 0 Å². The van der Waals surface area contributed by atoms with E-state index in [-0.39, 0.29) is 17.7 Å². The van der Waals surface area contributed by atoms with Crippen molar-refractivity contribution in [1.82, 2.24) is 4.90 Å². The van der Waals surface area contributed by atoms with Crippen molar-refractivity contribution >= 4 is 40.1 Å². The summed E-state index contributed by atoms with van der Waals surface area (Å²) in [5, 5.41) is 9.59. The highest BCUT2D eigenvalue weighted by Gasteiger charge is 2.18. The van der Waals surface area contributed by atoms with Crippen LogP contribution < -0.4 is 0 Å². The van der Waals surface area contributed by atoms with Gasteiger partial charge in [0.15, 0.2) is 0 Å². The minimum absolute atomic E-state index is 0.0858. The lowest BCUT2D eigenvalue weighted by Gasteiger charge is -2.26. The number of phenols is 1. The number of rotatable bonds is 4. The van der Waals surface area contributed by atoms with Gasteiger partial charge >= 0.3 is 0 Å². The lowest BCUT2D eigenvalue weighted by atomic mass is 10.1. The Morgan fingerprint density at radius 1 is 1.53 bits per heavy atom. The molecule has 1 aromatic rings. The van der Waals surface area contributed by atoms with Crippen molar-refractivity contribution in [2.24, 2.45) is 0 Å². The van der Waals surface area contributed by atoms with Crippen LogP contribution in [0, 0.1) is 3.57 Å². The number of aromatic hydroxyl groups is 1. The Kier molecular flexibility index (Phi) is 5.52. The highest BCUT2D eigenvalue weighted by Crippen LogP contribution is 2.21. The summed E-state index contributed by atoms with van der Waals surface area (Å²) < 4.78 is 0.729. The lowest BCUT2D eigenvalue weighted by molar-refractivity contribution is 0.0718. The van der Waals surface area contributed by atoms with Gasteiger partial charge in [-0.25, -0.2) is 0 Å². The first-order chi connectivity index (χ1) is 7.97. The molecule has 5 heteroatoms. The molecule has 0 unspecified atom stereocenters. The molecule has 0 aromatic heterocycles. The van der Waals surface area contributed by atoms with E-state index < -0.39 is 0 Å². The third-order valence-corrected chi connectivity index (χ3v) is 3.48. The summed E-state index contributed by atoms with van der Waals surface area (Å²) >= 11 is 7.70. The van der Waals surface area contributed by atoms with Crippen LogP contribution in [0.3, 0.4) is 0 Å². The zero-order chi connectivity index (χ0) is 13.0. The van der Waals surface area contributed by atoms with Crippen LogP contribution in [0.1, 0.15) is 24.2 Å². The molecule has 0 bridgehead atoms. The normalized spacial score (nSPS) is 10.6. The van der Waals surface area contributed by atoms with E-state index in [4.69, 9.17) is 11.6 Å². The first-order valence-corrected chi connectivity index (χ1v) is 6.94. The van der Waals surface area contributed by atoms with Crippen LogP contribution in [0.5, 0.6) is 5.75 Å². The van der Waals surface area contributed by atoms with Gasteiger partial charge in [-0.05, 0) is 54.6 Å². The van der Waals surface area contributed by atoms with Gasteiger partial charge < -0.3 is 10.0 Å². The summed E-state index contributed by atoms with van der Waals surface area (Å²) in [6.45, 7) is 4.39. The molecule has 1 rings (SSSR count). The number of amides is 1. The average Bonchev–Trinajstić information content (AvgIpc) is 2.28. The molecular formula is C12H15ClINO2. The number of benzene rings is 1. The molecule has 1 aromatic carbocycles. The Balaban J connectivity index is 2.97. The molecule has 0 heterocycles. The number of nitrogens with zero attached hydrogens (tertiary/aromatic N) is 1. The van der Waals surface area contributed by atoms with Crippen LogP contribution in [0.2, 0.25) is 0 Å². The molecule has 0 aliphatic carbocycles. The quantitative estimate of drug-likeness (QED) is 0.656. The number of carbonyl (C=O) groups is 1. The second-order valence-corrected chi connectivity index (χ2v) is 5.49. The van der Waals surface area contributed by atoms with Gasteiger partial charge in [0, 0.05) is 24.0 Å². The average molecular weight is 368 g/mol. The summed E-state index contributed by atoms with van der Waals surface area (Å²) in [6, 6.07) is 5.02. The van der Waals surface area contributed by atoms with Crippen molar-refractivity contribution in [1.29, 1.82) is 0 Å². The van der Waals surface area contributed by atoms with Crippen LogP contribution in [-0.4, -0.2) is 34.4 Å². The zero-order valence-electron chi connectivity index (χ0n) is 9.78. The molecule has 0 aliphatic heterocycles. The minimum atomic E-state index is -0.104. The third kappa shape index (κ3) is 3.74. The van der Waals surface area contributed by atoms with Crippen LogP contribution >= 0.6 is 34.2 Å². The fourth-order valence-electron chi connectivity index (χ4n) is 1.50. The molecule has 94 valence electrons. The van der Waals surface area contributed by atoms with Crippen LogP contribution in [0.4, 0.5) is 0 Å². The maximum atomic E-state index is 12.2. The highest BCUT2D eigenvalue weighted by molar-refractivity contribution is 14.1. The lowest BCUT2D eigenvalue weighted by Crippen LogP contribution is -2.38. The van der Waals surface area contributed by atoms with E-state index >= 15 is 0 Å². The molecule has 0 spiro atoms. The highest BCUT2D eigenvalue weighted by atomic mass is 127. The van der Waals surface area contributed by atoms with Crippen LogP contribution in [0.25, 0.3) is 0 Å². The molecule has 0 atom stereocenters. The standard InChI is InChI=1S/C12H15ClINO2/c1-8(2)15(6-5-13)12(17)9-3-4-10(14)11(16)7-9/h3-4,7-8,16H,5-6H2,1-2H3. The molecule has 17 heavy (non-hydrogen) atoms. The van der Waals surface area contributed by atoms with Gasteiger partial charge in [-0.1, -0.05) is 0 Å². The number of carbonyl (C=O) groups excluding carboxylic acids is 1. The largest absolute Gasteiger partial charge is 0.507 e. The van der Waals surface area contributed by atoms with Crippen molar-refractivity contribution in [2.75, 3.05) is 12.4 Å². The number of phenolic OH excluding ortho intramolecular Hbond substituents is 1. The van der Waals surface area contributed by atoms with Gasteiger partial charge in [0.25, 0.3) is 5.91 Å². The topological polar surface area (TPSA) is 40.5 Å². The molecule has 0 saturated heterocycles. The van der Waals surface area contributed by atoms with Gasteiger partial charge in [0.05, 0.1) is 3.57 Å². The minimum Gasteiger partial charge on any atom is -0.507 e. The van der Waals surface area contributed by atoms with Gasteiger partial charge in [-0.15, -0.1) is 11.6 Å². The molecule has 1 N–H and O–H groups in total. The van der Waals surface area contributed by atoms with E-state index in [9.17, 15) is 9.90 Å². The van der Waals surface area contributed by atoms with Crippen molar-refractivity contribution in [2.45, 2.75) is 19.9 Å². The summed E-state index contributed by atoms with van der Waals surface area (Å²) in [6.07, 6.45) is 0. The molecule has 0 fully saturated rings. The summed E-state index contributed by atoms with van der Waals surface area (Å²) in [4.78, 5) is 13.9. The van der Waals surface area contributed by atoms with Gasteiger partial charge in [-0.3, -0.25) is 4.79 Å². The third-order valence-electron chi connectivity index (χ3n) is 2.40. The Hall–Kier alpha value is -0.490.